The van der Waals surface area contributed by atoms with Crippen molar-refractivity contribution in [2.24, 2.45) is 11.8 Å². The minimum atomic E-state index is 0.0385. The van der Waals surface area contributed by atoms with Crippen LogP contribution >= 0.6 is 0 Å². The Bertz CT molecular complexity index is 237. The van der Waals surface area contributed by atoms with Crippen LogP contribution in [0.1, 0.15) is 89.9 Å². The van der Waals surface area contributed by atoms with E-state index < -0.39 is 0 Å². The maximum Gasteiger partial charge on any atom is 0.305 e. The number of hydrogen-bond acceptors (Lipinski definition) is 2. The molecule has 0 aromatic carbocycles. The first-order valence-electron chi connectivity index (χ1n) is 9.00. The van der Waals surface area contributed by atoms with Gasteiger partial charge in [-0.3, -0.25) is 4.79 Å². The van der Waals surface area contributed by atoms with Crippen LogP contribution < -0.4 is 0 Å². The molecule has 2 rings (SSSR count). The van der Waals surface area contributed by atoms with Gasteiger partial charge < -0.3 is 4.74 Å². The molecule has 2 fully saturated rings. The minimum Gasteiger partial charge on any atom is -0.466 e. The Kier molecular flexibility index (Phi) is 7.46. The van der Waals surface area contributed by atoms with Gasteiger partial charge in [-0.1, -0.05) is 64.2 Å². The molecular formula is C18H32O2. The van der Waals surface area contributed by atoms with Crippen LogP contribution in [0.5, 0.6) is 0 Å². The van der Waals surface area contributed by atoms with Crippen LogP contribution in [-0.4, -0.2) is 12.6 Å². The van der Waals surface area contributed by atoms with Crippen molar-refractivity contribution in [1.29, 1.82) is 0 Å². The van der Waals surface area contributed by atoms with Crippen molar-refractivity contribution in [3.63, 3.8) is 0 Å². The Labute approximate surface area is 124 Å². The molecule has 20 heavy (non-hydrogen) atoms. The van der Waals surface area contributed by atoms with Crippen LogP contribution in [0.15, 0.2) is 0 Å². The van der Waals surface area contributed by atoms with Gasteiger partial charge in [0.05, 0.1) is 6.61 Å². The Morgan fingerprint density at radius 3 is 1.95 bits per heavy atom. The van der Waals surface area contributed by atoms with Gasteiger partial charge in [0, 0.05) is 6.42 Å². The van der Waals surface area contributed by atoms with Crippen LogP contribution in [0.4, 0.5) is 0 Å². The van der Waals surface area contributed by atoms with Gasteiger partial charge >= 0.3 is 5.97 Å². The summed E-state index contributed by atoms with van der Waals surface area (Å²) in [5, 5.41) is 0. The van der Waals surface area contributed by atoms with Gasteiger partial charge in [0.15, 0.2) is 0 Å². The van der Waals surface area contributed by atoms with E-state index >= 15 is 0 Å². The lowest BCUT2D eigenvalue weighted by molar-refractivity contribution is -0.144. The quantitative estimate of drug-likeness (QED) is 0.595. The number of carbonyl (C=O) groups is 1. The number of ether oxygens (including phenoxy) is 1. The summed E-state index contributed by atoms with van der Waals surface area (Å²) in [5.41, 5.74) is 0. The average molecular weight is 280 g/mol. The Morgan fingerprint density at radius 1 is 0.800 bits per heavy atom. The third-order valence-corrected chi connectivity index (χ3v) is 5.23. The van der Waals surface area contributed by atoms with Crippen molar-refractivity contribution in [3.05, 3.63) is 0 Å². The fourth-order valence-corrected chi connectivity index (χ4v) is 3.90. The second-order valence-corrected chi connectivity index (χ2v) is 6.91. The standard InChI is InChI=1S/C18H32O2/c19-18(13-7-12-16-8-3-1-4-9-16)20-15-14-17-10-5-2-6-11-17/h16-17H,1-15H2. The van der Waals surface area contributed by atoms with Gasteiger partial charge in [-0.2, -0.15) is 0 Å². The molecule has 0 spiro atoms. The lowest BCUT2D eigenvalue weighted by atomic mass is 9.86. The van der Waals surface area contributed by atoms with Crippen molar-refractivity contribution in [2.45, 2.75) is 89.9 Å². The zero-order valence-corrected chi connectivity index (χ0v) is 13.1. The molecule has 0 aromatic rings. The Balaban J connectivity index is 1.45. The van der Waals surface area contributed by atoms with E-state index in [1.165, 1.54) is 70.6 Å². The van der Waals surface area contributed by atoms with E-state index in [1.54, 1.807) is 0 Å². The first-order chi connectivity index (χ1) is 9.84. The molecule has 0 atom stereocenters. The molecule has 0 N–H and O–H groups in total. The number of rotatable bonds is 7. The lowest BCUT2D eigenvalue weighted by Gasteiger charge is -2.21. The van der Waals surface area contributed by atoms with Crippen molar-refractivity contribution < 1.29 is 9.53 Å². The van der Waals surface area contributed by atoms with Crippen molar-refractivity contribution >= 4 is 5.97 Å². The first-order valence-corrected chi connectivity index (χ1v) is 9.00. The summed E-state index contributed by atoms with van der Waals surface area (Å²) >= 11 is 0. The predicted molar refractivity (Wildman–Crippen MR) is 82.6 cm³/mol. The van der Waals surface area contributed by atoms with E-state index in [1.807, 2.05) is 0 Å². The van der Waals surface area contributed by atoms with Crippen molar-refractivity contribution in [3.8, 4) is 0 Å². The zero-order chi connectivity index (χ0) is 14.0. The van der Waals surface area contributed by atoms with Gasteiger partial charge in [0.1, 0.15) is 0 Å². The molecule has 0 amide bonds. The van der Waals surface area contributed by atoms with Gasteiger partial charge in [0.2, 0.25) is 0 Å². The number of hydrogen-bond donors (Lipinski definition) is 0. The molecule has 2 nitrogen and oxygen atoms in total. The van der Waals surface area contributed by atoms with Crippen LogP contribution in [0.25, 0.3) is 0 Å². The SMILES string of the molecule is O=C(CCCC1CCCCC1)OCCC1CCCCC1. The smallest absolute Gasteiger partial charge is 0.305 e. The maximum atomic E-state index is 11.7. The van der Waals surface area contributed by atoms with Gasteiger partial charge in [-0.05, 0) is 31.1 Å². The largest absolute Gasteiger partial charge is 0.466 e. The average Bonchev–Trinajstić information content (AvgIpc) is 2.49. The van der Waals surface area contributed by atoms with Crippen LogP contribution in [0.2, 0.25) is 0 Å². The maximum absolute atomic E-state index is 11.7. The predicted octanol–water partition coefficient (Wildman–Crippen LogP) is 5.25. The van der Waals surface area contributed by atoms with Crippen LogP contribution in [0, 0.1) is 11.8 Å². The summed E-state index contributed by atoms with van der Waals surface area (Å²) in [6.07, 6.45) is 17.8. The third-order valence-electron chi connectivity index (χ3n) is 5.23. The molecule has 0 heterocycles. The molecule has 2 aliphatic rings. The molecule has 2 aliphatic carbocycles. The number of carbonyl (C=O) groups excluding carboxylic acids is 1. The summed E-state index contributed by atoms with van der Waals surface area (Å²) in [6, 6.07) is 0. The zero-order valence-electron chi connectivity index (χ0n) is 13.1. The molecule has 0 radical (unpaired) electrons. The molecule has 0 saturated heterocycles. The highest BCUT2D eigenvalue weighted by atomic mass is 16.5. The highest BCUT2D eigenvalue weighted by Crippen LogP contribution is 2.28. The second kappa shape index (κ2) is 9.41. The van der Waals surface area contributed by atoms with E-state index in [4.69, 9.17) is 4.74 Å². The third kappa shape index (κ3) is 6.28. The van der Waals surface area contributed by atoms with E-state index in [2.05, 4.69) is 0 Å². The van der Waals surface area contributed by atoms with E-state index in [9.17, 15) is 4.79 Å². The molecule has 2 saturated carbocycles. The molecular weight excluding hydrogens is 248 g/mol. The highest BCUT2D eigenvalue weighted by Gasteiger charge is 2.15. The van der Waals surface area contributed by atoms with Crippen LogP contribution in [0.3, 0.4) is 0 Å². The molecule has 0 aromatic heterocycles. The van der Waals surface area contributed by atoms with Crippen molar-refractivity contribution in [2.75, 3.05) is 6.61 Å². The lowest BCUT2D eigenvalue weighted by Crippen LogP contribution is -2.13. The molecule has 0 aliphatic heterocycles. The summed E-state index contributed by atoms with van der Waals surface area (Å²) in [7, 11) is 0. The van der Waals surface area contributed by atoms with E-state index in [0.717, 1.165) is 24.7 Å². The highest BCUT2D eigenvalue weighted by molar-refractivity contribution is 5.69. The normalized spacial score (nSPS) is 21.8. The van der Waals surface area contributed by atoms with Gasteiger partial charge in [-0.15, -0.1) is 0 Å². The molecule has 116 valence electrons. The Hall–Kier alpha value is -0.530. The fourth-order valence-electron chi connectivity index (χ4n) is 3.90. The first kappa shape index (κ1) is 15.9. The summed E-state index contributed by atoms with van der Waals surface area (Å²) in [5.74, 6) is 1.74. The topological polar surface area (TPSA) is 26.3 Å². The molecule has 0 bridgehead atoms. The van der Waals surface area contributed by atoms with E-state index in [0.29, 0.717) is 13.0 Å². The molecule has 2 heteroatoms. The van der Waals surface area contributed by atoms with Gasteiger partial charge in [-0.25, -0.2) is 0 Å². The number of esters is 1. The summed E-state index contributed by atoms with van der Waals surface area (Å²) in [6.45, 7) is 0.660. The Morgan fingerprint density at radius 2 is 1.35 bits per heavy atom. The van der Waals surface area contributed by atoms with E-state index in [-0.39, 0.29) is 5.97 Å². The fraction of sp³-hybridized carbons (Fsp3) is 0.944. The molecule has 0 unspecified atom stereocenters. The summed E-state index contributed by atoms with van der Waals surface area (Å²) in [4.78, 5) is 11.7. The van der Waals surface area contributed by atoms with Gasteiger partial charge in [0.25, 0.3) is 0 Å². The minimum absolute atomic E-state index is 0.0385. The van der Waals surface area contributed by atoms with Crippen molar-refractivity contribution in [1.82, 2.24) is 0 Å². The van der Waals surface area contributed by atoms with Crippen LogP contribution in [-0.2, 0) is 9.53 Å². The second-order valence-electron chi connectivity index (χ2n) is 6.91. The summed E-state index contributed by atoms with van der Waals surface area (Å²) < 4.78 is 5.40. The monoisotopic (exact) mass is 280 g/mol.